The van der Waals surface area contributed by atoms with Gasteiger partial charge in [-0.15, -0.1) is 0 Å². The van der Waals surface area contributed by atoms with E-state index in [9.17, 15) is 9.18 Å². The van der Waals surface area contributed by atoms with E-state index in [0.29, 0.717) is 0 Å². The molecular formula is C23H21FN4O. The summed E-state index contributed by atoms with van der Waals surface area (Å²) in [7, 11) is 0. The van der Waals surface area contributed by atoms with E-state index in [-0.39, 0.29) is 11.1 Å². The molecule has 0 bridgehead atoms. The van der Waals surface area contributed by atoms with Crippen LogP contribution in [0.25, 0.3) is 5.69 Å². The minimum Gasteiger partial charge on any atom is -0.318 e. The number of halogens is 1. The third-order valence-electron chi connectivity index (χ3n) is 4.65. The molecular weight excluding hydrogens is 367 g/mol. The Hall–Kier alpha value is -3.72. The molecule has 1 aromatic heterocycles. The van der Waals surface area contributed by atoms with E-state index in [1.54, 1.807) is 6.21 Å². The second kappa shape index (κ2) is 8.11. The summed E-state index contributed by atoms with van der Waals surface area (Å²) in [5.74, 6) is -1.43. The van der Waals surface area contributed by atoms with Gasteiger partial charge in [-0.3, -0.25) is 4.79 Å². The van der Waals surface area contributed by atoms with E-state index in [2.05, 4.69) is 47.1 Å². The predicted molar refractivity (Wildman–Crippen MR) is 111 cm³/mol. The molecule has 0 radical (unpaired) electrons. The SMILES string of the molecule is Cc1cc(C)cc(-n2c(C)cc(/C=N\NC(=O)c3ccc(C#N)cc3F)c2C)c1. The number of carbonyl (C=O) groups is 1. The van der Waals surface area contributed by atoms with Gasteiger partial charge in [-0.2, -0.15) is 10.4 Å². The molecule has 1 N–H and O–H groups in total. The third kappa shape index (κ3) is 4.25. The van der Waals surface area contributed by atoms with Crippen LogP contribution in [0.15, 0.2) is 47.6 Å². The average Bonchev–Trinajstić information content (AvgIpc) is 2.94. The molecule has 2 aromatic carbocycles. The molecule has 0 unspecified atom stereocenters. The van der Waals surface area contributed by atoms with Gasteiger partial charge in [0.15, 0.2) is 0 Å². The Morgan fingerprint density at radius 1 is 1.10 bits per heavy atom. The van der Waals surface area contributed by atoms with Crippen LogP contribution in [0, 0.1) is 44.8 Å². The Kier molecular flexibility index (Phi) is 5.60. The van der Waals surface area contributed by atoms with Crippen LogP contribution in [-0.4, -0.2) is 16.7 Å². The summed E-state index contributed by atoms with van der Waals surface area (Å²) in [5, 5.41) is 12.8. The van der Waals surface area contributed by atoms with Gasteiger partial charge < -0.3 is 4.57 Å². The number of hydrogen-bond donors (Lipinski definition) is 1. The van der Waals surface area contributed by atoms with Crippen LogP contribution >= 0.6 is 0 Å². The van der Waals surface area contributed by atoms with Crippen molar-refractivity contribution in [3.8, 4) is 11.8 Å². The number of nitrogens with one attached hydrogen (secondary N) is 1. The van der Waals surface area contributed by atoms with Crippen LogP contribution in [0.3, 0.4) is 0 Å². The maximum Gasteiger partial charge on any atom is 0.274 e. The lowest BCUT2D eigenvalue weighted by atomic mass is 10.1. The maximum atomic E-state index is 13.9. The first-order chi connectivity index (χ1) is 13.8. The first kappa shape index (κ1) is 20.0. The lowest BCUT2D eigenvalue weighted by molar-refractivity contribution is 0.0951. The van der Waals surface area contributed by atoms with Crippen molar-refractivity contribution in [3.63, 3.8) is 0 Å². The highest BCUT2D eigenvalue weighted by atomic mass is 19.1. The number of amides is 1. The van der Waals surface area contributed by atoms with Crippen molar-refractivity contribution in [1.29, 1.82) is 5.26 Å². The summed E-state index contributed by atoms with van der Waals surface area (Å²) in [6.45, 7) is 8.11. The molecule has 0 aliphatic rings. The number of nitriles is 1. The number of aromatic nitrogens is 1. The van der Waals surface area contributed by atoms with Gasteiger partial charge in [0.25, 0.3) is 5.91 Å². The number of carbonyl (C=O) groups excluding carboxylic acids is 1. The average molecular weight is 388 g/mol. The van der Waals surface area contributed by atoms with Gasteiger partial charge >= 0.3 is 0 Å². The van der Waals surface area contributed by atoms with Crippen LogP contribution in [0.2, 0.25) is 0 Å². The van der Waals surface area contributed by atoms with Gasteiger partial charge in [0.2, 0.25) is 0 Å². The van der Waals surface area contributed by atoms with E-state index in [1.807, 2.05) is 26.0 Å². The summed E-state index contributed by atoms with van der Waals surface area (Å²) in [5.41, 5.74) is 8.63. The van der Waals surface area contributed by atoms with E-state index in [0.717, 1.165) is 28.7 Å². The van der Waals surface area contributed by atoms with E-state index >= 15 is 0 Å². The molecule has 0 spiro atoms. The minimum atomic E-state index is -0.759. The Bertz CT molecular complexity index is 1150. The number of aryl methyl sites for hydroxylation is 3. The van der Waals surface area contributed by atoms with Gasteiger partial charge in [-0.05, 0) is 75.2 Å². The van der Waals surface area contributed by atoms with Crippen LogP contribution < -0.4 is 5.43 Å². The lowest BCUT2D eigenvalue weighted by Gasteiger charge is -2.11. The Morgan fingerprint density at radius 3 is 2.41 bits per heavy atom. The summed E-state index contributed by atoms with van der Waals surface area (Å²) >= 11 is 0. The molecule has 0 aliphatic heterocycles. The fraction of sp³-hybridized carbons (Fsp3) is 0.174. The first-order valence-electron chi connectivity index (χ1n) is 9.11. The van der Waals surface area contributed by atoms with E-state index < -0.39 is 11.7 Å². The van der Waals surface area contributed by atoms with Crippen molar-refractivity contribution in [1.82, 2.24) is 9.99 Å². The molecule has 1 heterocycles. The molecule has 3 aromatic rings. The number of nitrogens with zero attached hydrogens (tertiary/aromatic N) is 3. The second-order valence-corrected chi connectivity index (χ2v) is 7.01. The number of rotatable bonds is 4. The molecule has 1 amide bonds. The van der Waals surface area contributed by atoms with Crippen LogP contribution in [0.1, 0.15) is 44.0 Å². The van der Waals surface area contributed by atoms with Gasteiger partial charge in [0.05, 0.1) is 23.4 Å². The van der Waals surface area contributed by atoms with Gasteiger partial charge in [0, 0.05) is 22.6 Å². The smallest absolute Gasteiger partial charge is 0.274 e. The summed E-state index contributed by atoms with van der Waals surface area (Å²) in [6.07, 6.45) is 1.54. The zero-order valence-electron chi connectivity index (χ0n) is 16.7. The predicted octanol–water partition coefficient (Wildman–Crippen LogP) is 4.49. The third-order valence-corrected chi connectivity index (χ3v) is 4.65. The number of hydrogen-bond acceptors (Lipinski definition) is 3. The summed E-state index contributed by atoms with van der Waals surface area (Å²) in [6, 6.07) is 13.8. The van der Waals surface area contributed by atoms with Gasteiger partial charge in [0.1, 0.15) is 5.82 Å². The highest BCUT2D eigenvalue weighted by Crippen LogP contribution is 2.22. The Balaban J connectivity index is 1.82. The highest BCUT2D eigenvalue weighted by molar-refractivity contribution is 5.95. The van der Waals surface area contributed by atoms with Crippen molar-refractivity contribution in [2.45, 2.75) is 27.7 Å². The quantitative estimate of drug-likeness (QED) is 0.529. The van der Waals surface area contributed by atoms with Crippen LogP contribution in [0.5, 0.6) is 0 Å². The normalized spacial score (nSPS) is 10.9. The second-order valence-electron chi connectivity index (χ2n) is 7.01. The molecule has 0 saturated carbocycles. The largest absolute Gasteiger partial charge is 0.318 e. The molecule has 6 heteroatoms. The van der Waals surface area contributed by atoms with Crippen LogP contribution in [0.4, 0.5) is 4.39 Å². The fourth-order valence-electron chi connectivity index (χ4n) is 3.38. The highest BCUT2D eigenvalue weighted by Gasteiger charge is 2.13. The molecule has 0 aliphatic carbocycles. The number of hydrazone groups is 1. The number of benzene rings is 2. The lowest BCUT2D eigenvalue weighted by Crippen LogP contribution is -2.19. The zero-order chi connectivity index (χ0) is 21.1. The Labute approximate surface area is 169 Å². The zero-order valence-corrected chi connectivity index (χ0v) is 16.7. The maximum absolute atomic E-state index is 13.9. The van der Waals surface area contributed by atoms with Crippen molar-refractivity contribution < 1.29 is 9.18 Å². The van der Waals surface area contributed by atoms with Crippen molar-refractivity contribution >= 4 is 12.1 Å². The van der Waals surface area contributed by atoms with Crippen molar-refractivity contribution in [3.05, 3.63) is 87.5 Å². The van der Waals surface area contributed by atoms with Gasteiger partial charge in [-0.1, -0.05) is 6.07 Å². The fourth-order valence-corrected chi connectivity index (χ4v) is 3.38. The van der Waals surface area contributed by atoms with Crippen LogP contribution in [-0.2, 0) is 0 Å². The molecule has 146 valence electrons. The summed E-state index contributed by atoms with van der Waals surface area (Å²) < 4.78 is 16.1. The van der Waals surface area contributed by atoms with Gasteiger partial charge in [-0.25, -0.2) is 9.82 Å². The Morgan fingerprint density at radius 2 is 1.79 bits per heavy atom. The van der Waals surface area contributed by atoms with Crippen molar-refractivity contribution in [2.24, 2.45) is 5.10 Å². The summed E-state index contributed by atoms with van der Waals surface area (Å²) in [4.78, 5) is 12.2. The molecule has 3 rings (SSSR count). The minimum absolute atomic E-state index is 0.154. The molecule has 29 heavy (non-hydrogen) atoms. The molecule has 0 saturated heterocycles. The monoisotopic (exact) mass is 388 g/mol. The molecule has 0 atom stereocenters. The first-order valence-corrected chi connectivity index (χ1v) is 9.11. The topological polar surface area (TPSA) is 70.2 Å². The van der Waals surface area contributed by atoms with Crippen molar-refractivity contribution in [2.75, 3.05) is 0 Å². The molecule has 0 fully saturated rings. The molecule has 5 nitrogen and oxygen atoms in total. The van der Waals surface area contributed by atoms with E-state index in [1.165, 1.54) is 23.3 Å². The van der Waals surface area contributed by atoms with E-state index in [4.69, 9.17) is 5.26 Å². The standard InChI is InChI=1S/C23H21FN4O/c1-14-7-15(2)9-20(8-14)28-16(3)10-19(17(28)4)13-26-27-23(29)21-6-5-18(12-25)11-22(21)24/h5-11,13H,1-4H3,(H,27,29)/b26-13-.